The summed E-state index contributed by atoms with van der Waals surface area (Å²) in [5.74, 6) is 0. The molecule has 0 radical (unpaired) electrons. The Morgan fingerprint density at radius 1 is 1.53 bits per heavy atom. The van der Waals surface area contributed by atoms with Crippen molar-refractivity contribution in [1.82, 2.24) is 5.32 Å². The standard InChI is InChI=1S/C13H18BNO4/c1-13(2,3)19-12(16)15-7-9-4-5-10-8-18-14(17)11(10)6-9/h4-6,17H,7-8H2,1-3H3,(H,15,16). The van der Waals surface area contributed by atoms with Crippen LogP contribution in [0.15, 0.2) is 18.2 Å². The number of hydrogen-bond acceptors (Lipinski definition) is 4. The van der Waals surface area contributed by atoms with Gasteiger partial charge in [0.25, 0.3) is 0 Å². The summed E-state index contributed by atoms with van der Waals surface area (Å²) in [6, 6.07) is 5.64. The molecule has 2 rings (SSSR count). The summed E-state index contributed by atoms with van der Waals surface area (Å²) in [6.07, 6.45) is -0.454. The number of carbonyl (C=O) groups excluding carboxylic acids is 1. The van der Waals surface area contributed by atoms with E-state index in [1.807, 2.05) is 39.0 Å². The van der Waals surface area contributed by atoms with Crippen LogP contribution in [0.5, 0.6) is 0 Å². The summed E-state index contributed by atoms with van der Waals surface area (Å²) in [5, 5.41) is 12.3. The van der Waals surface area contributed by atoms with E-state index in [0.717, 1.165) is 16.6 Å². The van der Waals surface area contributed by atoms with Crippen LogP contribution in [0.25, 0.3) is 0 Å². The van der Waals surface area contributed by atoms with Crippen molar-refractivity contribution in [3.63, 3.8) is 0 Å². The number of nitrogens with one attached hydrogen (secondary N) is 1. The molecule has 0 bridgehead atoms. The highest BCUT2D eigenvalue weighted by atomic mass is 16.6. The Bertz CT molecular complexity index is 484. The average Bonchev–Trinajstić information content (AvgIpc) is 2.66. The highest BCUT2D eigenvalue weighted by molar-refractivity contribution is 6.61. The van der Waals surface area contributed by atoms with Gasteiger partial charge in [-0.25, -0.2) is 4.79 Å². The normalized spacial score (nSPS) is 14.2. The summed E-state index contributed by atoms with van der Waals surface area (Å²) < 4.78 is 10.3. The molecular formula is C13H18BNO4. The van der Waals surface area contributed by atoms with Gasteiger partial charge in [0.1, 0.15) is 5.60 Å². The van der Waals surface area contributed by atoms with E-state index in [2.05, 4.69) is 5.32 Å². The van der Waals surface area contributed by atoms with Gasteiger partial charge < -0.3 is 19.7 Å². The lowest BCUT2D eigenvalue weighted by molar-refractivity contribution is 0.0523. The zero-order valence-electron chi connectivity index (χ0n) is 11.4. The zero-order chi connectivity index (χ0) is 14.0. The molecule has 1 aromatic carbocycles. The lowest BCUT2D eigenvalue weighted by atomic mass is 9.79. The monoisotopic (exact) mass is 263 g/mol. The van der Waals surface area contributed by atoms with Crippen LogP contribution < -0.4 is 10.8 Å². The molecule has 1 heterocycles. The van der Waals surface area contributed by atoms with E-state index >= 15 is 0 Å². The number of benzene rings is 1. The Kier molecular flexibility index (Phi) is 3.82. The predicted octanol–water partition coefficient (Wildman–Crippen LogP) is 0.929. The molecule has 102 valence electrons. The second-order valence-corrected chi connectivity index (χ2v) is 5.55. The number of amides is 1. The van der Waals surface area contributed by atoms with Crippen LogP contribution >= 0.6 is 0 Å². The molecule has 2 N–H and O–H groups in total. The molecule has 1 aliphatic rings. The maximum absolute atomic E-state index is 11.5. The minimum absolute atomic E-state index is 0.356. The molecule has 0 fully saturated rings. The lowest BCUT2D eigenvalue weighted by Gasteiger charge is -2.19. The molecule has 19 heavy (non-hydrogen) atoms. The molecule has 5 nitrogen and oxygen atoms in total. The molecule has 1 amide bonds. The average molecular weight is 263 g/mol. The first-order valence-corrected chi connectivity index (χ1v) is 6.23. The summed E-state index contributed by atoms with van der Waals surface area (Å²) in [5.41, 5.74) is 2.14. The fraction of sp³-hybridized carbons (Fsp3) is 0.462. The van der Waals surface area contributed by atoms with Gasteiger partial charge in [0.15, 0.2) is 0 Å². The molecule has 0 aromatic heterocycles. The SMILES string of the molecule is CC(C)(C)OC(=O)NCc1ccc2c(c1)B(O)OC2. The third-order valence-electron chi connectivity index (χ3n) is 2.71. The Morgan fingerprint density at radius 3 is 2.95 bits per heavy atom. The van der Waals surface area contributed by atoms with Gasteiger partial charge in [0.2, 0.25) is 0 Å². The molecule has 1 aromatic rings. The van der Waals surface area contributed by atoms with Crippen LogP contribution in [-0.4, -0.2) is 23.8 Å². The Hall–Kier alpha value is -1.53. The molecule has 1 aliphatic heterocycles. The van der Waals surface area contributed by atoms with E-state index in [1.54, 1.807) is 0 Å². The molecule has 0 saturated carbocycles. The second-order valence-electron chi connectivity index (χ2n) is 5.55. The molecule has 0 unspecified atom stereocenters. The van der Waals surface area contributed by atoms with Gasteiger partial charge in [0, 0.05) is 6.54 Å². The van der Waals surface area contributed by atoms with Crippen LogP contribution in [-0.2, 0) is 22.5 Å². The van der Waals surface area contributed by atoms with Crippen molar-refractivity contribution >= 4 is 18.7 Å². The van der Waals surface area contributed by atoms with E-state index in [1.165, 1.54) is 0 Å². The molecule has 0 aliphatic carbocycles. The first-order valence-electron chi connectivity index (χ1n) is 6.23. The summed E-state index contributed by atoms with van der Waals surface area (Å²) in [7, 11) is -0.864. The number of rotatable bonds is 2. The van der Waals surface area contributed by atoms with Gasteiger partial charge in [0.05, 0.1) is 6.61 Å². The lowest BCUT2D eigenvalue weighted by Crippen LogP contribution is -2.33. The quantitative estimate of drug-likeness (QED) is 0.779. The van der Waals surface area contributed by atoms with Gasteiger partial charge >= 0.3 is 13.2 Å². The van der Waals surface area contributed by atoms with Gasteiger partial charge in [-0.15, -0.1) is 0 Å². The third-order valence-corrected chi connectivity index (χ3v) is 2.71. The van der Waals surface area contributed by atoms with Crippen LogP contribution in [0.4, 0.5) is 4.79 Å². The van der Waals surface area contributed by atoms with Crippen molar-refractivity contribution in [3.05, 3.63) is 29.3 Å². The zero-order valence-corrected chi connectivity index (χ0v) is 11.4. The summed E-state index contributed by atoms with van der Waals surface area (Å²) >= 11 is 0. The van der Waals surface area contributed by atoms with Gasteiger partial charge in [-0.3, -0.25) is 0 Å². The molecular weight excluding hydrogens is 245 g/mol. The van der Waals surface area contributed by atoms with Crippen LogP contribution in [0.1, 0.15) is 31.9 Å². The Morgan fingerprint density at radius 2 is 2.26 bits per heavy atom. The maximum atomic E-state index is 11.5. The fourth-order valence-corrected chi connectivity index (χ4v) is 1.86. The first kappa shape index (κ1) is 13.9. The van der Waals surface area contributed by atoms with Crippen molar-refractivity contribution in [3.8, 4) is 0 Å². The van der Waals surface area contributed by atoms with Crippen molar-refractivity contribution in [2.45, 2.75) is 39.5 Å². The van der Waals surface area contributed by atoms with Gasteiger partial charge in [-0.2, -0.15) is 0 Å². The van der Waals surface area contributed by atoms with E-state index in [-0.39, 0.29) is 0 Å². The summed E-state index contributed by atoms with van der Waals surface area (Å²) in [6.45, 7) is 6.23. The molecule has 0 saturated heterocycles. The second kappa shape index (κ2) is 5.23. The smallest absolute Gasteiger partial charge is 0.444 e. The predicted molar refractivity (Wildman–Crippen MR) is 71.9 cm³/mol. The molecule has 6 heteroatoms. The van der Waals surface area contributed by atoms with E-state index in [9.17, 15) is 9.82 Å². The topological polar surface area (TPSA) is 67.8 Å². The van der Waals surface area contributed by atoms with E-state index in [0.29, 0.717) is 13.2 Å². The van der Waals surface area contributed by atoms with Crippen LogP contribution in [0, 0.1) is 0 Å². The van der Waals surface area contributed by atoms with Gasteiger partial charge in [-0.1, -0.05) is 18.2 Å². The highest BCUT2D eigenvalue weighted by Crippen LogP contribution is 2.12. The van der Waals surface area contributed by atoms with E-state index < -0.39 is 18.8 Å². The maximum Gasteiger partial charge on any atom is 0.491 e. The Balaban J connectivity index is 1.94. The van der Waals surface area contributed by atoms with Gasteiger partial charge in [-0.05, 0) is 37.4 Å². The minimum Gasteiger partial charge on any atom is -0.444 e. The van der Waals surface area contributed by atoms with Crippen molar-refractivity contribution in [2.75, 3.05) is 0 Å². The number of fused-ring (bicyclic) bond motifs is 1. The van der Waals surface area contributed by atoms with Crippen LogP contribution in [0.2, 0.25) is 0 Å². The Labute approximate surface area is 113 Å². The minimum atomic E-state index is -0.864. The fourth-order valence-electron chi connectivity index (χ4n) is 1.86. The third kappa shape index (κ3) is 3.72. The van der Waals surface area contributed by atoms with Crippen molar-refractivity contribution < 1.29 is 19.2 Å². The molecule has 0 spiro atoms. The first-order chi connectivity index (χ1) is 8.85. The number of ether oxygens (including phenoxy) is 1. The van der Waals surface area contributed by atoms with E-state index in [4.69, 9.17) is 9.39 Å². The van der Waals surface area contributed by atoms with Crippen molar-refractivity contribution in [2.24, 2.45) is 0 Å². The van der Waals surface area contributed by atoms with Crippen LogP contribution in [0.3, 0.4) is 0 Å². The summed E-state index contributed by atoms with van der Waals surface area (Å²) in [4.78, 5) is 11.5. The highest BCUT2D eigenvalue weighted by Gasteiger charge is 2.27. The number of carbonyl (C=O) groups is 1. The van der Waals surface area contributed by atoms with Crippen molar-refractivity contribution in [1.29, 1.82) is 0 Å². The molecule has 0 atom stereocenters. The number of hydrogen-bond donors (Lipinski definition) is 2. The number of alkyl carbamates (subject to hydrolysis) is 1. The largest absolute Gasteiger partial charge is 0.491 e.